The summed E-state index contributed by atoms with van der Waals surface area (Å²) in [7, 11) is 1.94. The second kappa shape index (κ2) is 8.03. The summed E-state index contributed by atoms with van der Waals surface area (Å²) in [5.74, 6) is 2.53. The van der Waals surface area contributed by atoms with Crippen molar-refractivity contribution in [2.24, 2.45) is 5.92 Å². The lowest BCUT2D eigenvalue weighted by atomic mass is 10.1. The quantitative estimate of drug-likeness (QED) is 0.814. The Morgan fingerprint density at radius 1 is 1.33 bits per heavy atom. The third-order valence-corrected chi connectivity index (χ3v) is 4.64. The van der Waals surface area contributed by atoms with Crippen molar-refractivity contribution in [1.29, 1.82) is 0 Å². The van der Waals surface area contributed by atoms with Gasteiger partial charge >= 0.3 is 0 Å². The highest BCUT2D eigenvalue weighted by Crippen LogP contribution is 2.22. The van der Waals surface area contributed by atoms with Crippen LogP contribution in [0.3, 0.4) is 0 Å². The van der Waals surface area contributed by atoms with Gasteiger partial charge in [-0.1, -0.05) is 37.6 Å². The summed E-state index contributed by atoms with van der Waals surface area (Å²) in [5.41, 5.74) is 0.876. The minimum absolute atomic E-state index is 0.256. The summed E-state index contributed by atoms with van der Waals surface area (Å²) >= 11 is 7.89. The molecular weight excluding hydrogens is 269 g/mol. The van der Waals surface area contributed by atoms with Gasteiger partial charge in [0, 0.05) is 11.8 Å². The SMILES string of the molecule is CNC(CSCC(C)C)Cc1cccc(F)c1Cl. The van der Waals surface area contributed by atoms with E-state index < -0.39 is 0 Å². The van der Waals surface area contributed by atoms with E-state index in [0.29, 0.717) is 12.0 Å². The molecule has 1 nitrogen and oxygen atoms in total. The van der Waals surface area contributed by atoms with Crippen LogP contribution in [0.15, 0.2) is 18.2 Å². The second-order valence-electron chi connectivity index (χ2n) is 4.83. The normalized spacial score (nSPS) is 13.0. The predicted molar refractivity (Wildman–Crippen MR) is 80.1 cm³/mol. The highest BCUT2D eigenvalue weighted by atomic mass is 35.5. The fourth-order valence-electron chi connectivity index (χ4n) is 1.66. The van der Waals surface area contributed by atoms with Crippen LogP contribution < -0.4 is 5.32 Å². The van der Waals surface area contributed by atoms with Crippen LogP contribution in [-0.4, -0.2) is 24.6 Å². The standard InChI is InChI=1S/C14H21ClFNS/c1-10(2)8-18-9-12(17-3)7-11-5-4-6-13(16)14(11)15/h4-6,10,12,17H,7-9H2,1-3H3. The Labute approximate surface area is 118 Å². The fourth-order valence-corrected chi connectivity index (χ4v) is 3.04. The molecule has 0 radical (unpaired) electrons. The molecule has 0 fully saturated rings. The highest BCUT2D eigenvalue weighted by molar-refractivity contribution is 7.99. The van der Waals surface area contributed by atoms with E-state index in [2.05, 4.69) is 19.2 Å². The zero-order chi connectivity index (χ0) is 13.5. The molecule has 0 aliphatic heterocycles. The van der Waals surface area contributed by atoms with Gasteiger partial charge in [-0.2, -0.15) is 11.8 Å². The van der Waals surface area contributed by atoms with E-state index in [9.17, 15) is 4.39 Å². The molecule has 0 amide bonds. The Balaban J connectivity index is 2.54. The molecule has 0 saturated heterocycles. The zero-order valence-electron chi connectivity index (χ0n) is 11.2. The number of rotatable bonds is 7. The van der Waals surface area contributed by atoms with Crippen LogP contribution in [0.5, 0.6) is 0 Å². The summed E-state index contributed by atoms with van der Waals surface area (Å²) < 4.78 is 13.3. The van der Waals surface area contributed by atoms with E-state index in [0.717, 1.165) is 23.5 Å². The molecule has 1 unspecified atom stereocenters. The van der Waals surface area contributed by atoms with Crippen molar-refractivity contribution in [3.05, 3.63) is 34.6 Å². The zero-order valence-corrected chi connectivity index (χ0v) is 12.7. The molecule has 1 atom stereocenters. The molecule has 1 rings (SSSR count). The Bertz CT molecular complexity index is 371. The van der Waals surface area contributed by atoms with E-state index >= 15 is 0 Å². The van der Waals surface area contributed by atoms with Crippen molar-refractivity contribution >= 4 is 23.4 Å². The minimum Gasteiger partial charge on any atom is -0.316 e. The van der Waals surface area contributed by atoms with Gasteiger partial charge in [-0.25, -0.2) is 4.39 Å². The summed E-state index contributed by atoms with van der Waals surface area (Å²) in [4.78, 5) is 0. The lowest BCUT2D eigenvalue weighted by Crippen LogP contribution is -2.30. The molecule has 0 spiro atoms. The number of benzene rings is 1. The first-order valence-corrected chi connectivity index (χ1v) is 7.75. The third-order valence-electron chi connectivity index (χ3n) is 2.68. The first kappa shape index (κ1) is 15.8. The number of nitrogens with one attached hydrogen (secondary N) is 1. The first-order chi connectivity index (χ1) is 8.54. The molecule has 0 aliphatic carbocycles. The van der Waals surface area contributed by atoms with Crippen molar-refractivity contribution in [1.82, 2.24) is 5.32 Å². The molecule has 1 aromatic carbocycles. The lowest BCUT2D eigenvalue weighted by molar-refractivity contribution is 0.602. The van der Waals surface area contributed by atoms with Crippen molar-refractivity contribution < 1.29 is 4.39 Å². The maximum absolute atomic E-state index is 13.3. The van der Waals surface area contributed by atoms with E-state index in [1.165, 1.54) is 6.07 Å². The van der Waals surface area contributed by atoms with Crippen LogP contribution >= 0.6 is 23.4 Å². The summed E-state index contributed by atoms with van der Waals surface area (Å²) in [6, 6.07) is 5.33. The maximum Gasteiger partial charge on any atom is 0.142 e. The Hall–Kier alpha value is -0.250. The van der Waals surface area contributed by atoms with E-state index in [1.807, 2.05) is 24.9 Å². The molecule has 1 aromatic rings. The van der Waals surface area contributed by atoms with Crippen LogP contribution in [-0.2, 0) is 6.42 Å². The van der Waals surface area contributed by atoms with Gasteiger partial charge in [0.25, 0.3) is 0 Å². The average Bonchev–Trinajstić information content (AvgIpc) is 2.33. The molecule has 0 bridgehead atoms. The smallest absolute Gasteiger partial charge is 0.142 e. The molecule has 4 heteroatoms. The number of likely N-dealkylation sites (N-methyl/N-ethyl adjacent to an activating group) is 1. The molecule has 0 aromatic heterocycles. The number of hydrogen-bond acceptors (Lipinski definition) is 2. The van der Waals surface area contributed by atoms with Gasteiger partial charge in [0.2, 0.25) is 0 Å². The third kappa shape index (κ3) is 5.17. The van der Waals surface area contributed by atoms with Gasteiger partial charge in [-0.15, -0.1) is 0 Å². The molecule has 1 N–H and O–H groups in total. The van der Waals surface area contributed by atoms with E-state index in [4.69, 9.17) is 11.6 Å². The van der Waals surface area contributed by atoms with E-state index in [-0.39, 0.29) is 10.8 Å². The van der Waals surface area contributed by atoms with E-state index in [1.54, 1.807) is 6.07 Å². The van der Waals surface area contributed by atoms with Crippen molar-refractivity contribution in [2.75, 3.05) is 18.6 Å². The van der Waals surface area contributed by atoms with Gasteiger partial charge < -0.3 is 5.32 Å². The summed E-state index contributed by atoms with van der Waals surface area (Å²) in [6.07, 6.45) is 0.762. The minimum atomic E-state index is -0.334. The molecule has 0 heterocycles. The summed E-state index contributed by atoms with van der Waals surface area (Å²) in [5, 5.41) is 3.53. The monoisotopic (exact) mass is 289 g/mol. The lowest BCUT2D eigenvalue weighted by Gasteiger charge is -2.17. The maximum atomic E-state index is 13.3. The predicted octanol–water partition coefficient (Wildman–Crippen LogP) is 4.00. The molecular formula is C14H21ClFNS. The van der Waals surface area contributed by atoms with Gasteiger partial charge in [0.1, 0.15) is 5.82 Å². The topological polar surface area (TPSA) is 12.0 Å². The van der Waals surface area contributed by atoms with Gasteiger partial charge in [0.05, 0.1) is 5.02 Å². The van der Waals surface area contributed by atoms with Crippen LogP contribution in [0.4, 0.5) is 4.39 Å². The number of hydrogen-bond donors (Lipinski definition) is 1. The molecule has 102 valence electrons. The molecule has 0 saturated carbocycles. The van der Waals surface area contributed by atoms with Crippen molar-refractivity contribution in [2.45, 2.75) is 26.3 Å². The second-order valence-corrected chi connectivity index (χ2v) is 6.29. The largest absolute Gasteiger partial charge is 0.316 e. The highest BCUT2D eigenvalue weighted by Gasteiger charge is 2.12. The van der Waals surface area contributed by atoms with Gasteiger partial charge in [0.15, 0.2) is 0 Å². The van der Waals surface area contributed by atoms with Crippen LogP contribution in [0.1, 0.15) is 19.4 Å². The Morgan fingerprint density at radius 3 is 2.67 bits per heavy atom. The first-order valence-electron chi connectivity index (χ1n) is 6.22. The summed E-state index contributed by atoms with van der Waals surface area (Å²) in [6.45, 7) is 4.43. The molecule has 0 aliphatic rings. The number of thioether (sulfide) groups is 1. The Morgan fingerprint density at radius 2 is 2.06 bits per heavy atom. The van der Waals surface area contributed by atoms with Crippen LogP contribution in [0.25, 0.3) is 0 Å². The van der Waals surface area contributed by atoms with Gasteiger partial charge in [-0.05, 0) is 36.8 Å². The van der Waals surface area contributed by atoms with Crippen LogP contribution in [0, 0.1) is 11.7 Å². The van der Waals surface area contributed by atoms with Crippen molar-refractivity contribution in [3.63, 3.8) is 0 Å². The Kier molecular flexibility index (Phi) is 7.05. The fraction of sp³-hybridized carbons (Fsp3) is 0.571. The number of halogens is 2. The van der Waals surface area contributed by atoms with Crippen LogP contribution in [0.2, 0.25) is 5.02 Å². The molecule has 18 heavy (non-hydrogen) atoms. The van der Waals surface area contributed by atoms with Gasteiger partial charge in [-0.3, -0.25) is 0 Å². The van der Waals surface area contributed by atoms with Crippen molar-refractivity contribution in [3.8, 4) is 0 Å². The average molecular weight is 290 g/mol.